The highest BCUT2D eigenvalue weighted by atomic mass is 33.1. The van der Waals surface area contributed by atoms with E-state index in [1.807, 2.05) is 0 Å². The molecule has 1 aliphatic heterocycles. The maximum absolute atomic E-state index is 11.9. The monoisotopic (exact) mass is 321 g/mol. The summed E-state index contributed by atoms with van der Waals surface area (Å²) in [7, 11) is 3.10. The van der Waals surface area contributed by atoms with Gasteiger partial charge in [-0.25, -0.2) is 0 Å². The molecule has 0 aromatic carbocycles. The minimum Gasteiger partial charge on any atom is -0.481 e. The smallest absolute Gasteiger partial charge is 0.304 e. The van der Waals surface area contributed by atoms with E-state index in [-0.39, 0.29) is 24.0 Å². The van der Waals surface area contributed by atoms with Crippen molar-refractivity contribution >= 4 is 33.5 Å². The van der Waals surface area contributed by atoms with Gasteiger partial charge in [0.1, 0.15) is 6.10 Å². The van der Waals surface area contributed by atoms with Crippen molar-refractivity contribution in [2.45, 2.75) is 51.2 Å². The summed E-state index contributed by atoms with van der Waals surface area (Å²) < 4.78 is 5.79. The van der Waals surface area contributed by atoms with E-state index in [0.29, 0.717) is 12.3 Å². The molecule has 7 heteroatoms. The Morgan fingerprint density at radius 2 is 2.10 bits per heavy atom. The van der Waals surface area contributed by atoms with Crippen LogP contribution in [0.5, 0.6) is 0 Å². The fourth-order valence-electron chi connectivity index (χ4n) is 1.92. The zero-order valence-electron chi connectivity index (χ0n) is 12.0. The molecule has 0 bridgehead atoms. The highest BCUT2D eigenvalue weighted by molar-refractivity contribution is 8.76. The Bertz CT molecular complexity index is 340. The third-order valence-corrected chi connectivity index (χ3v) is 5.78. The highest BCUT2D eigenvalue weighted by Gasteiger charge is 2.37. The second-order valence-corrected chi connectivity index (χ2v) is 7.73. The van der Waals surface area contributed by atoms with Gasteiger partial charge in [-0.15, -0.1) is 0 Å². The van der Waals surface area contributed by atoms with E-state index in [9.17, 15) is 9.59 Å². The maximum atomic E-state index is 11.9. The van der Waals surface area contributed by atoms with Gasteiger partial charge in [0.05, 0.1) is 12.0 Å². The molecule has 2 unspecified atom stereocenters. The summed E-state index contributed by atoms with van der Waals surface area (Å²) in [5.74, 6) is 0.560. The quantitative estimate of drug-likeness (QED) is 0.501. The van der Waals surface area contributed by atoms with Crippen LogP contribution in [0.2, 0.25) is 0 Å². The second-order valence-electron chi connectivity index (χ2n) is 5.03. The van der Waals surface area contributed by atoms with Crippen LogP contribution in [0, 0.1) is 0 Å². The maximum Gasteiger partial charge on any atom is 0.304 e. The Balaban J connectivity index is 2.05. The normalized spacial score (nSPS) is 25.6. The summed E-state index contributed by atoms with van der Waals surface area (Å²) in [5, 5.41) is 11.4. The Labute approximate surface area is 128 Å². The van der Waals surface area contributed by atoms with Crippen LogP contribution in [-0.4, -0.2) is 46.7 Å². The lowest BCUT2D eigenvalue weighted by atomic mass is 9.99. The van der Waals surface area contributed by atoms with Gasteiger partial charge in [-0.1, -0.05) is 28.5 Å². The number of ether oxygens (including phenoxy) is 1. The minimum absolute atomic E-state index is 0.0293. The first kappa shape index (κ1) is 17.7. The molecule has 0 radical (unpaired) electrons. The van der Waals surface area contributed by atoms with Gasteiger partial charge in [0.15, 0.2) is 0 Å². The topological polar surface area (TPSA) is 75.6 Å². The largest absolute Gasteiger partial charge is 0.481 e. The van der Waals surface area contributed by atoms with E-state index >= 15 is 0 Å². The van der Waals surface area contributed by atoms with Crippen molar-refractivity contribution in [3.05, 3.63) is 0 Å². The van der Waals surface area contributed by atoms with Crippen molar-refractivity contribution in [3.63, 3.8) is 0 Å². The predicted molar refractivity (Wildman–Crippen MR) is 83.0 cm³/mol. The van der Waals surface area contributed by atoms with Crippen LogP contribution >= 0.6 is 21.6 Å². The number of amides is 1. The molecule has 1 rings (SSSR count). The first-order chi connectivity index (χ1) is 9.47. The van der Waals surface area contributed by atoms with E-state index in [4.69, 9.17) is 9.84 Å². The molecule has 2 N–H and O–H groups in total. The van der Waals surface area contributed by atoms with Crippen molar-refractivity contribution in [1.29, 1.82) is 0 Å². The van der Waals surface area contributed by atoms with Gasteiger partial charge in [0, 0.05) is 18.1 Å². The molecule has 0 aromatic rings. The fourth-order valence-corrected chi connectivity index (χ4v) is 3.81. The van der Waals surface area contributed by atoms with E-state index in [0.717, 1.165) is 25.0 Å². The molecule has 0 spiro atoms. The lowest BCUT2D eigenvalue weighted by Crippen LogP contribution is -2.37. The Morgan fingerprint density at radius 1 is 1.40 bits per heavy atom. The van der Waals surface area contributed by atoms with E-state index in [2.05, 4.69) is 19.2 Å². The molecule has 116 valence electrons. The average Bonchev–Trinajstić information content (AvgIpc) is 2.80. The molecule has 1 aliphatic rings. The molecule has 1 saturated heterocycles. The van der Waals surface area contributed by atoms with Crippen LogP contribution in [0.3, 0.4) is 0 Å². The summed E-state index contributed by atoms with van der Waals surface area (Å²) >= 11 is 0. The molecule has 1 amide bonds. The number of carboxylic acid groups (broad SMARTS) is 1. The summed E-state index contributed by atoms with van der Waals surface area (Å²) in [6.07, 6.45) is 2.50. The van der Waals surface area contributed by atoms with Crippen LogP contribution in [-0.2, 0) is 14.3 Å². The number of hydrogen-bond donors (Lipinski definition) is 2. The van der Waals surface area contributed by atoms with Gasteiger partial charge in [-0.3, -0.25) is 9.59 Å². The van der Waals surface area contributed by atoms with Gasteiger partial charge < -0.3 is 15.2 Å². The van der Waals surface area contributed by atoms with Crippen molar-refractivity contribution in [3.8, 4) is 0 Å². The summed E-state index contributed by atoms with van der Waals surface area (Å²) in [6, 6.07) is 0. The second kappa shape index (κ2) is 8.79. The first-order valence-electron chi connectivity index (χ1n) is 6.88. The lowest BCUT2D eigenvalue weighted by molar-refractivity contribution is -0.137. The zero-order valence-corrected chi connectivity index (χ0v) is 13.6. The number of hydrogen-bond acceptors (Lipinski definition) is 5. The third kappa shape index (κ3) is 6.37. The summed E-state index contributed by atoms with van der Waals surface area (Å²) in [4.78, 5) is 22.2. The van der Waals surface area contributed by atoms with E-state index < -0.39 is 5.97 Å². The molecule has 0 aliphatic carbocycles. The van der Waals surface area contributed by atoms with Gasteiger partial charge in [-0.05, 0) is 26.2 Å². The van der Waals surface area contributed by atoms with E-state index in [1.165, 1.54) is 10.8 Å². The first-order valence-corrected chi connectivity index (χ1v) is 9.37. The van der Waals surface area contributed by atoms with Gasteiger partial charge in [0.25, 0.3) is 0 Å². The molecule has 1 heterocycles. The third-order valence-electron chi connectivity index (χ3n) is 3.37. The van der Waals surface area contributed by atoms with Crippen molar-refractivity contribution in [2.24, 2.45) is 0 Å². The van der Waals surface area contributed by atoms with Crippen molar-refractivity contribution in [1.82, 2.24) is 5.32 Å². The zero-order chi connectivity index (χ0) is 15.0. The molecule has 0 aromatic heterocycles. The highest BCUT2D eigenvalue weighted by Crippen LogP contribution is 2.32. The number of rotatable bonds is 9. The SMILES string of the molecule is CCC1(C)CCC(C(=O)NCCSSCCC(=O)O)O1. The Kier molecular flexibility index (Phi) is 7.76. The van der Waals surface area contributed by atoms with Gasteiger partial charge in [0.2, 0.25) is 5.91 Å². The van der Waals surface area contributed by atoms with Gasteiger partial charge in [-0.2, -0.15) is 0 Å². The number of aliphatic carboxylic acids is 1. The number of carbonyl (C=O) groups is 2. The average molecular weight is 321 g/mol. The molecular weight excluding hydrogens is 298 g/mol. The van der Waals surface area contributed by atoms with E-state index in [1.54, 1.807) is 10.8 Å². The van der Waals surface area contributed by atoms with Crippen LogP contribution in [0.1, 0.15) is 39.5 Å². The summed E-state index contributed by atoms with van der Waals surface area (Å²) in [6.45, 7) is 4.72. The van der Waals surface area contributed by atoms with Crippen molar-refractivity contribution < 1.29 is 19.4 Å². The standard InChI is InChI=1S/C13H23NO4S2/c1-3-13(2)6-4-10(18-13)12(17)14-7-9-20-19-8-5-11(15)16/h10H,3-9H2,1-2H3,(H,14,17)(H,15,16). The van der Waals surface area contributed by atoms with Crippen LogP contribution in [0.4, 0.5) is 0 Å². The number of carbonyl (C=O) groups excluding carboxylic acids is 1. The van der Waals surface area contributed by atoms with Crippen LogP contribution in [0.25, 0.3) is 0 Å². The fraction of sp³-hybridized carbons (Fsp3) is 0.846. The minimum atomic E-state index is -0.774. The molecular formula is C13H23NO4S2. The van der Waals surface area contributed by atoms with Gasteiger partial charge >= 0.3 is 5.97 Å². The lowest BCUT2D eigenvalue weighted by Gasteiger charge is -2.22. The number of nitrogens with one attached hydrogen (secondary N) is 1. The molecule has 5 nitrogen and oxygen atoms in total. The Morgan fingerprint density at radius 3 is 2.70 bits per heavy atom. The number of carboxylic acids is 1. The molecule has 20 heavy (non-hydrogen) atoms. The summed E-state index contributed by atoms with van der Waals surface area (Å²) in [5.41, 5.74) is -0.149. The molecule has 2 atom stereocenters. The van der Waals surface area contributed by atoms with Crippen LogP contribution < -0.4 is 5.32 Å². The van der Waals surface area contributed by atoms with Crippen molar-refractivity contribution in [2.75, 3.05) is 18.1 Å². The Hall–Kier alpha value is -0.400. The molecule has 0 saturated carbocycles. The predicted octanol–water partition coefficient (Wildman–Crippen LogP) is 2.31. The molecule has 1 fully saturated rings. The van der Waals surface area contributed by atoms with Crippen LogP contribution in [0.15, 0.2) is 0 Å².